The summed E-state index contributed by atoms with van der Waals surface area (Å²) in [6.45, 7) is 2.11. The first-order valence-corrected chi connectivity index (χ1v) is 9.90. The zero-order valence-corrected chi connectivity index (χ0v) is 16.9. The number of carbonyl (C=O) groups excluding carboxylic acids is 1. The van der Waals surface area contributed by atoms with Crippen LogP contribution in [-0.2, 0) is 17.9 Å². The molecule has 0 unspecified atom stereocenters. The number of ether oxygens (including phenoxy) is 1. The second-order valence-electron chi connectivity index (χ2n) is 7.12. The lowest BCUT2D eigenvalue weighted by Gasteiger charge is -2.12. The Morgan fingerprint density at radius 1 is 1.06 bits per heavy atom. The highest BCUT2D eigenvalue weighted by Crippen LogP contribution is 2.30. The van der Waals surface area contributed by atoms with Crippen LogP contribution < -0.4 is 5.32 Å². The summed E-state index contributed by atoms with van der Waals surface area (Å²) in [6, 6.07) is 17.8. The van der Waals surface area contributed by atoms with Crippen molar-refractivity contribution in [2.75, 3.05) is 6.54 Å². The summed E-state index contributed by atoms with van der Waals surface area (Å²) in [6.07, 6.45) is -0.662. The maximum Gasteiger partial charge on any atom is 0.407 e. The van der Waals surface area contributed by atoms with Crippen molar-refractivity contribution < 1.29 is 23.8 Å². The van der Waals surface area contributed by atoms with E-state index in [4.69, 9.17) is 4.74 Å². The Kier molecular flexibility index (Phi) is 5.58. The molecule has 158 valence electrons. The van der Waals surface area contributed by atoms with Gasteiger partial charge >= 0.3 is 12.1 Å². The predicted molar refractivity (Wildman–Crippen MR) is 116 cm³/mol. The van der Waals surface area contributed by atoms with Crippen molar-refractivity contribution in [2.45, 2.75) is 20.1 Å². The maximum atomic E-state index is 14.0. The van der Waals surface area contributed by atoms with Gasteiger partial charge in [-0.15, -0.1) is 0 Å². The van der Waals surface area contributed by atoms with E-state index in [-0.39, 0.29) is 24.4 Å². The normalized spacial score (nSPS) is 11.0. The van der Waals surface area contributed by atoms with Gasteiger partial charge in [-0.25, -0.2) is 14.0 Å². The second-order valence-corrected chi connectivity index (χ2v) is 7.12. The van der Waals surface area contributed by atoms with Gasteiger partial charge in [-0.3, -0.25) is 0 Å². The minimum Gasteiger partial charge on any atom is -0.477 e. The number of aromatic nitrogens is 1. The Hall–Kier alpha value is -3.87. The fourth-order valence-electron chi connectivity index (χ4n) is 3.88. The van der Waals surface area contributed by atoms with Gasteiger partial charge in [-0.1, -0.05) is 42.5 Å². The van der Waals surface area contributed by atoms with Gasteiger partial charge in [0.15, 0.2) is 0 Å². The van der Waals surface area contributed by atoms with Crippen LogP contribution in [0, 0.1) is 5.82 Å². The molecule has 0 saturated heterocycles. The Morgan fingerprint density at radius 2 is 1.84 bits per heavy atom. The number of fused-ring (bicyclic) bond motifs is 2. The molecule has 1 amide bonds. The van der Waals surface area contributed by atoms with E-state index >= 15 is 0 Å². The van der Waals surface area contributed by atoms with E-state index in [0.29, 0.717) is 17.4 Å². The molecule has 0 aliphatic heterocycles. The number of rotatable bonds is 6. The standard InChI is InChI=1S/C24H21FN2O4/c1-2-26-24(30)31-14-20-19-12-17(25)10-11-21(19)27(22(20)23(28)29)13-16-8-5-7-15-6-3-4-9-18(15)16/h3-12H,2,13-14H2,1H3,(H,26,30)(H,28,29). The quantitative estimate of drug-likeness (QED) is 0.464. The molecule has 4 aromatic rings. The third-order valence-corrected chi connectivity index (χ3v) is 5.21. The number of amides is 1. The zero-order chi connectivity index (χ0) is 22.0. The number of carboxylic acids is 1. The fraction of sp³-hybridized carbons (Fsp3) is 0.167. The number of hydrogen-bond acceptors (Lipinski definition) is 3. The van der Waals surface area contributed by atoms with Crippen molar-refractivity contribution in [1.82, 2.24) is 9.88 Å². The lowest BCUT2D eigenvalue weighted by molar-refractivity contribution is 0.0680. The highest BCUT2D eigenvalue weighted by molar-refractivity contribution is 5.98. The Labute approximate surface area is 177 Å². The van der Waals surface area contributed by atoms with E-state index in [1.165, 1.54) is 12.1 Å². The molecule has 0 radical (unpaired) electrons. The number of carboxylic acid groups (broad SMARTS) is 1. The van der Waals surface area contributed by atoms with Gasteiger partial charge < -0.3 is 19.7 Å². The molecule has 3 aromatic carbocycles. The van der Waals surface area contributed by atoms with Crippen LogP contribution in [0.5, 0.6) is 0 Å². The third-order valence-electron chi connectivity index (χ3n) is 5.21. The average molecular weight is 420 g/mol. The molecule has 0 spiro atoms. The summed E-state index contributed by atoms with van der Waals surface area (Å²) in [4.78, 5) is 24.0. The molecule has 4 rings (SSSR count). The van der Waals surface area contributed by atoms with E-state index in [2.05, 4.69) is 5.32 Å². The Bertz CT molecular complexity index is 1290. The molecule has 0 saturated carbocycles. The Morgan fingerprint density at radius 3 is 2.61 bits per heavy atom. The van der Waals surface area contributed by atoms with E-state index in [0.717, 1.165) is 16.3 Å². The van der Waals surface area contributed by atoms with Gasteiger partial charge in [0.1, 0.15) is 18.1 Å². The zero-order valence-electron chi connectivity index (χ0n) is 16.9. The minimum absolute atomic E-state index is 0.0298. The van der Waals surface area contributed by atoms with Crippen molar-refractivity contribution in [2.24, 2.45) is 0 Å². The molecule has 0 bridgehead atoms. The second kappa shape index (κ2) is 8.47. The molecule has 0 atom stereocenters. The summed E-state index contributed by atoms with van der Waals surface area (Å²) < 4.78 is 20.9. The first kappa shape index (κ1) is 20.4. The van der Waals surface area contributed by atoms with Crippen LogP contribution >= 0.6 is 0 Å². The number of nitrogens with zero attached hydrogens (tertiary/aromatic N) is 1. The van der Waals surface area contributed by atoms with Crippen molar-refractivity contribution in [3.63, 3.8) is 0 Å². The number of benzene rings is 3. The van der Waals surface area contributed by atoms with Crippen LogP contribution in [0.4, 0.5) is 9.18 Å². The molecular formula is C24H21FN2O4. The monoisotopic (exact) mass is 420 g/mol. The van der Waals surface area contributed by atoms with Crippen molar-refractivity contribution in [1.29, 1.82) is 0 Å². The van der Waals surface area contributed by atoms with Gasteiger partial charge in [-0.05, 0) is 41.5 Å². The number of alkyl carbamates (subject to hydrolysis) is 1. The van der Waals surface area contributed by atoms with Crippen molar-refractivity contribution in [3.8, 4) is 0 Å². The largest absolute Gasteiger partial charge is 0.477 e. The average Bonchev–Trinajstić information content (AvgIpc) is 3.05. The summed E-state index contributed by atoms with van der Waals surface area (Å²) in [5.41, 5.74) is 1.71. The summed E-state index contributed by atoms with van der Waals surface area (Å²) in [5, 5.41) is 15.0. The number of nitrogens with one attached hydrogen (secondary N) is 1. The maximum absolute atomic E-state index is 14.0. The van der Waals surface area contributed by atoms with Crippen LogP contribution in [0.3, 0.4) is 0 Å². The van der Waals surface area contributed by atoms with E-state index < -0.39 is 17.9 Å². The number of aromatic carboxylic acids is 1. The van der Waals surface area contributed by atoms with Crippen LogP contribution in [0.1, 0.15) is 28.5 Å². The topological polar surface area (TPSA) is 80.6 Å². The van der Waals surface area contributed by atoms with Gasteiger partial charge in [-0.2, -0.15) is 0 Å². The molecular weight excluding hydrogens is 399 g/mol. The molecule has 7 heteroatoms. The van der Waals surface area contributed by atoms with Gasteiger partial charge in [0.25, 0.3) is 0 Å². The van der Waals surface area contributed by atoms with Gasteiger partial charge in [0, 0.05) is 29.6 Å². The number of hydrogen-bond donors (Lipinski definition) is 2. The first-order valence-electron chi connectivity index (χ1n) is 9.90. The Balaban J connectivity index is 1.87. The fourth-order valence-corrected chi connectivity index (χ4v) is 3.88. The SMILES string of the molecule is CCNC(=O)OCc1c(C(=O)O)n(Cc2cccc3ccccc23)c2ccc(F)cc12. The van der Waals surface area contributed by atoms with Crippen LogP contribution in [0.25, 0.3) is 21.7 Å². The molecule has 1 heterocycles. The van der Waals surface area contributed by atoms with E-state index in [1.54, 1.807) is 17.6 Å². The van der Waals surface area contributed by atoms with Gasteiger partial charge in [0.05, 0.1) is 0 Å². The molecule has 6 nitrogen and oxygen atoms in total. The van der Waals surface area contributed by atoms with E-state index in [1.807, 2.05) is 42.5 Å². The molecule has 1 aromatic heterocycles. The highest BCUT2D eigenvalue weighted by atomic mass is 19.1. The minimum atomic E-state index is -1.17. The molecule has 31 heavy (non-hydrogen) atoms. The molecule has 0 fully saturated rings. The molecule has 0 aliphatic carbocycles. The smallest absolute Gasteiger partial charge is 0.407 e. The molecule has 0 aliphatic rings. The first-order chi connectivity index (χ1) is 15.0. The lowest BCUT2D eigenvalue weighted by atomic mass is 10.0. The predicted octanol–water partition coefficient (Wildman–Crippen LogP) is 4.93. The van der Waals surface area contributed by atoms with Crippen LogP contribution in [0.2, 0.25) is 0 Å². The molecule has 2 N–H and O–H groups in total. The van der Waals surface area contributed by atoms with Crippen LogP contribution in [0.15, 0.2) is 60.7 Å². The number of halogens is 1. The van der Waals surface area contributed by atoms with E-state index in [9.17, 15) is 19.1 Å². The van der Waals surface area contributed by atoms with Crippen molar-refractivity contribution >= 4 is 33.7 Å². The highest BCUT2D eigenvalue weighted by Gasteiger charge is 2.24. The third kappa shape index (κ3) is 3.94. The van der Waals surface area contributed by atoms with Crippen LogP contribution in [-0.4, -0.2) is 28.3 Å². The summed E-state index contributed by atoms with van der Waals surface area (Å²) in [5.74, 6) is -1.67. The summed E-state index contributed by atoms with van der Waals surface area (Å²) in [7, 11) is 0. The van der Waals surface area contributed by atoms with Crippen molar-refractivity contribution in [3.05, 3.63) is 83.3 Å². The number of carbonyl (C=O) groups is 2. The lowest BCUT2D eigenvalue weighted by Crippen LogP contribution is -2.24. The van der Waals surface area contributed by atoms with Gasteiger partial charge in [0.2, 0.25) is 0 Å². The summed E-state index contributed by atoms with van der Waals surface area (Å²) >= 11 is 0.